The number of nitrogens with one attached hydrogen (secondary N) is 1. The summed E-state index contributed by atoms with van der Waals surface area (Å²) in [4.78, 5) is 16.4. The Hall–Kier alpha value is -1.11. The van der Waals surface area contributed by atoms with Gasteiger partial charge in [-0.05, 0) is 0 Å². The van der Waals surface area contributed by atoms with Gasteiger partial charge >= 0.3 is 0 Å². The molecular formula is C9H14Cl2N4O2. The number of anilines is 1. The van der Waals surface area contributed by atoms with Crippen LogP contribution in [-0.2, 0) is 0 Å². The average Bonchev–Trinajstić information content (AvgIpc) is 2.30. The fraction of sp³-hybridized carbons (Fsp3) is 0.444. The van der Waals surface area contributed by atoms with Gasteiger partial charge in [0.25, 0.3) is 5.69 Å². The first-order valence-corrected chi connectivity index (χ1v) is 4.83. The van der Waals surface area contributed by atoms with E-state index < -0.39 is 0 Å². The highest BCUT2D eigenvalue weighted by molar-refractivity contribution is 5.85. The molecule has 1 N–H and O–H groups in total. The Kier molecular flexibility index (Phi) is 6.79. The number of halogens is 2. The van der Waals surface area contributed by atoms with E-state index in [1.54, 1.807) is 6.20 Å². The van der Waals surface area contributed by atoms with Crippen molar-refractivity contribution in [3.8, 4) is 0 Å². The Morgan fingerprint density at radius 3 is 2.59 bits per heavy atom. The molecule has 0 saturated carbocycles. The summed E-state index contributed by atoms with van der Waals surface area (Å²) in [7, 11) is 0. The summed E-state index contributed by atoms with van der Waals surface area (Å²) >= 11 is 0. The lowest BCUT2D eigenvalue weighted by Gasteiger charge is -2.28. The summed E-state index contributed by atoms with van der Waals surface area (Å²) in [6.07, 6.45) is 3.01. The monoisotopic (exact) mass is 280 g/mol. The van der Waals surface area contributed by atoms with E-state index in [0.29, 0.717) is 5.69 Å². The number of hydrogen-bond donors (Lipinski definition) is 1. The lowest BCUT2D eigenvalue weighted by atomic mass is 10.2. The van der Waals surface area contributed by atoms with E-state index in [-0.39, 0.29) is 35.4 Å². The third kappa shape index (κ3) is 3.69. The van der Waals surface area contributed by atoms with Crippen molar-refractivity contribution in [1.29, 1.82) is 0 Å². The van der Waals surface area contributed by atoms with Crippen LogP contribution in [0.25, 0.3) is 0 Å². The molecule has 2 heterocycles. The predicted molar refractivity (Wildman–Crippen MR) is 70.5 cm³/mol. The maximum Gasteiger partial charge on any atom is 0.295 e. The maximum absolute atomic E-state index is 10.8. The van der Waals surface area contributed by atoms with E-state index in [1.165, 1.54) is 12.3 Å². The van der Waals surface area contributed by atoms with Gasteiger partial charge in [0.1, 0.15) is 5.69 Å². The topological polar surface area (TPSA) is 71.3 Å². The molecule has 0 radical (unpaired) electrons. The molecule has 0 aliphatic carbocycles. The highest BCUT2D eigenvalue weighted by Gasteiger charge is 2.20. The van der Waals surface area contributed by atoms with E-state index in [1.807, 2.05) is 4.90 Å². The molecule has 2 rings (SSSR count). The van der Waals surface area contributed by atoms with Crippen molar-refractivity contribution < 1.29 is 4.92 Å². The van der Waals surface area contributed by atoms with Gasteiger partial charge in [-0.1, -0.05) is 0 Å². The Balaban J connectivity index is 0.00000128. The van der Waals surface area contributed by atoms with Crippen LogP contribution in [-0.4, -0.2) is 36.1 Å². The minimum Gasteiger partial charge on any atom is -0.362 e. The normalized spacial score (nSPS) is 14.5. The van der Waals surface area contributed by atoms with Crippen LogP contribution < -0.4 is 10.2 Å². The fourth-order valence-electron chi connectivity index (χ4n) is 1.68. The van der Waals surface area contributed by atoms with Crippen molar-refractivity contribution in [3.05, 3.63) is 28.6 Å². The molecule has 17 heavy (non-hydrogen) atoms. The van der Waals surface area contributed by atoms with Crippen molar-refractivity contribution >= 4 is 36.2 Å². The van der Waals surface area contributed by atoms with E-state index in [9.17, 15) is 10.1 Å². The molecule has 1 aliphatic heterocycles. The van der Waals surface area contributed by atoms with Crippen LogP contribution in [0.15, 0.2) is 18.5 Å². The second kappa shape index (κ2) is 7.26. The molecule has 1 aliphatic rings. The Labute approximate surface area is 111 Å². The minimum absolute atomic E-state index is 0. The predicted octanol–water partition coefficient (Wildman–Crippen LogP) is 1.24. The quantitative estimate of drug-likeness (QED) is 0.652. The van der Waals surface area contributed by atoms with Gasteiger partial charge < -0.3 is 10.2 Å². The molecule has 0 amide bonds. The third-order valence-corrected chi connectivity index (χ3v) is 2.43. The second-order valence-electron chi connectivity index (χ2n) is 3.36. The van der Waals surface area contributed by atoms with Gasteiger partial charge in [0.2, 0.25) is 0 Å². The van der Waals surface area contributed by atoms with Crippen molar-refractivity contribution in [2.45, 2.75) is 0 Å². The number of nitro groups is 1. The number of rotatable bonds is 2. The van der Waals surface area contributed by atoms with Gasteiger partial charge in [0, 0.05) is 38.4 Å². The number of hydrogen-bond acceptors (Lipinski definition) is 5. The van der Waals surface area contributed by atoms with Crippen molar-refractivity contribution in [1.82, 2.24) is 10.3 Å². The molecule has 1 fully saturated rings. The van der Waals surface area contributed by atoms with Crippen molar-refractivity contribution in [2.75, 3.05) is 31.1 Å². The van der Waals surface area contributed by atoms with Crippen LogP contribution in [0.4, 0.5) is 11.4 Å². The lowest BCUT2D eigenvalue weighted by Crippen LogP contribution is -2.43. The zero-order chi connectivity index (χ0) is 10.7. The molecule has 96 valence electrons. The largest absolute Gasteiger partial charge is 0.362 e. The van der Waals surface area contributed by atoms with E-state index in [0.717, 1.165) is 26.2 Å². The number of nitrogens with zero attached hydrogens (tertiary/aromatic N) is 3. The Morgan fingerprint density at radius 1 is 1.35 bits per heavy atom. The maximum atomic E-state index is 10.8. The SMILES string of the molecule is Cl.Cl.O=[N+]([O-])c1ccncc1N1CCNCC1. The molecular weight excluding hydrogens is 267 g/mol. The molecule has 0 bridgehead atoms. The van der Waals surface area contributed by atoms with Gasteiger partial charge in [0.15, 0.2) is 0 Å². The highest BCUT2D eigenvalue weighted by Crippen LogP contribution is 2.26. The third-order valence-electron chi connectivity index (χ3n) is 2.43. The summed E-state index contributed by atoms with van der Waals surface area (Å²) in [5.41, 5.74) is 0.746. The molecule has 8 heteroatoms. The van der Waals surface area contributed by atoms with Crippen LogP contribution in [0, 0.1) is 10.1 Å². The van der Waals surface area contributed by atoms with Crippen LogP contribution in [0.2, 0.25) is 0 Å². The second-order valence-corrected chi connectivity index (χ2v) is 3.36. The number of piperazine rings is 1. The van der Waals surface area contributed by atoms with Gasteiger partial charge in [-0.15, -0.1) is 24.8 Å². The smallest absolute Gasteiger partial charge is 0.295 e. The molecule has 0 unspecified atom stereocenters. The van der Waals surface area contributed by atoms with E-state index >= 15 is 0 Å². The Morgan fingerprint density at radius 2 is 2.00 bits per heavy atom. The molecule has 1 saturated heterocycles. The minimum atomic E-state index is -0.362. The molecule has 0 aromatic carbocycles. The van der Waals surface area contributed by atoms with Crippen LogP contribution in [0.5, 0.6) is 0 Å². The summed E-state index contributed by atoms with van der Waals surface area (Å²) in [6.45, 7) is 3.27. The molecule has 0 spiro atoms. The first-order valence-electron chi connectivity index (χ1n) is 4.83. The number of pyridine rings is 1. The highest BCUT2D eigenvalue weighted by atomic mass is 35.5. The standard InChI is InChI=1S/C9H12N4O2.2ClH/c14-13(15)8-1-2-11-7-9(8)12-5-3-10-4-6-12;;/h1-2,7,10H,3-6H2;2*1H. The van der Waals surface area contributed by atoms with Crippen LogP contribution in [0.3, 0.4) is 0 Å². The lowest BCUT2D eigenvalue weighted by molar-refractivity contribution is -0.384. The summed E-state index contributed by atoms with van der Waals surface area (Å²) in [6, 6.07) is 1.44. The fourth-order valence-corrected chi connectivity index (χ4v) is 1.68. The summed E-state index contributed by atoms with van der Waals surface area (Å²) < 4.78 is 0. The molecule has 1 aromatic heterocycles. The Bertz CT molecular complexity index is 372. The van der Waals surface area contributed by atoms with Gasteiger partial charge in [-0.2, -0.15) is 0 Å². The van der Waals surface area contributed by atoms with Gasteiger partial charge in [0.05, 0.1) is 11.1 Å². The zero-order valence-corrected chi connectivity index (χ0v) is 10.7. The van der Waals surface area contributed by atoms with E-state index in [2.05, 4.69) is 10.3 Å². The van der Waals surface area contributed by atoms with Gasteiger partial charge in [-0.3, -0.25) is 15.1 Å². The van der Waals surface area contributed by atoms with E-state index in [4.69, 9.17) is 0 Å². The number of aromatic nitrogens is 1. The molecule has 0 atom stereocenters. The van der Waals surface area contributed by atoms with Crippen molar-refractivity contribution in [3.63, 3.8) is 0 Å². The molecule has 6 nitrogen and oxygen atoms in total. The van der Waals surface area contributed by atoms with Crippen molar-refractivity contribution in [2.24, 2.45) is 0 Å². The average molecular weight is 281 g/mol. The first-order chi connectivity index (χ1) is 7.29. The zero-order valence-electron chi connectivity index (χ0n) is 9.04. The summed E-state index contributed by atoms with van der Waals surface area (Å²) in [5, 5.41) is 14.0. The summed E-state index contributed by atoms with van der Waals surface area (Å²) in [5.74, 6) is 0. The van der Waals surface area contributed by atoms with Crippen LogP contribution in [0.1, 0.15) is 0 Å². The van der Waals surface area contributed by atoms with Crippen LogP contribution >= 0.6 is 24.8 Å². The first kappa shape index (κ1) is 15.9. The van der Waals surface area contributed by atoms with Gasteiger partial charge in [-0.25, -0.2) is 0 Å². The molecule has 1 aromatic rings.